The van der Waals surface area contributed by atoms with E-state index in [-0.39, 0.29) is 29.7 Å². The van der Waals surface area contributed by atoms with E-state index in [1.54, 1.807) is 18.2 Å². The van der Waals surface area contributed by atoms with Crippen LogP contribution in [0.25, 0.3) is 11.0 Å². The lowest BCUT2D eigenvalue weighted by atomic mass is 10.1. The van der Waals surface area contributed by atoms with Crippen LogP contribution in [0.4, 0.5) is 13.2 Å². The fraction of sp³-hybridized carbons (Fsp3) is 0.417. The lowest BCUT2D eigenvalue weighted by Crippen LogP contribution is -2.32. The first kappa shape index (κ1) is 26.1. The summed E-state index contributed by atoms with van der Waals surface area (Å²) in [4.78, 5) is 27.4. The average Bonchev–Trinajstić information content (AvgIpc) is 3.08. The van der Waals surface area contributed by atoms with Crippen molar-refractivity contribution in [3.05, 3.63) is 57.5 Å². The molecule has 3 rings (SSSR count). The maximum atomic E-state index is 14.2. The molecule has 0 saturated heterocycles. The van der Waals surface area contributed by atoms with Gasteiger partial charge in [0.15, 0.2) is 11.5 Å². The fourth-order valence-corrected chi connectivity index (χ4v) is 4.20. The van der Waals surface area contributed by atoms with E-state index in [1.807, 2.05) is 18.7 Å². The number of alkyl halides is 3. The molecule has 0 bridgehead atoms. The Balaban J connectivity index is 2.33. The van der Waals surface area contributed by atoms with E-state index in [0.717, 1.165) is 4.57 Å². The summed E-state index contributed by atoms with van der Waals surface area (Å²) < 4.78 is 55.6. The third-order valence-corrected chi connectivity index (χ3v) is 6.05. The first-order chi connectivity index (χ1) is 16.6. The Labute approximate surface area is 200 Å². The molecular formula is C24H29F3N4O4. The van der Waals surface area contributed by atoms with Gasteiger partial charge in [0.2, 0.25) is 5.91 Å². The number of ether oxygens (including phenoxy) is 2. The van der Waals surface area contributed by atoms with Gasteiger partial charge in [0.05, 0.1) is 37.4 Å². The molecule has 1 amide bonds. The molecule has 0 atom stereocenters. The number of fused-ring (bicyclic) bond motifs is 1. The van der Waals surface area contributed by atoms with Crippen LogP contribution in [0, 0.1) is 0 Å². The number of rotatable bonds is 10. The molecule has 0 unspecified atom stereocenters. The lowest BCUT2D eigenvalue weighted by Gasteiger charge is -2.18. The second kappa shape index (κ2) is 10.4. The molecule has 1 heterocycles. The Kier molecular flexibility index (Phi) is 7.79. The number of carbonyl (C=O) groups is 1. The number of nitrogens with two attached hydrogens (primary N) is 1. The largest absolute Gasteiger partial charge is 0.493 e. The fourth-order valence-electron chi connectivity index (χ4n) is 4.20. The second-order valence-corrected chi connectivity index (χ2v) is 7.95. The highest BCUT2D eigenvalue weighted by Gasteiger charge is 2.36. The molecule has 2 N–H and O–H groups in total. The summed E-state index contributed by atoms with van der Waals surface area (Å²) in [5.41, 5.74) is 3.40. The van der Waals surface area contributed by atoms with Crippen LogP contribution in [0.1, 0.15) is 35.3 Å². The number of imidazole rings is 1. The minimum absolute atomic E-state index is 0.00681. The third-order valence-electron chi connectivity index (χ3n) is 6.05. The number of aromatic nitrogens is 2. The van der Waals surface area contributed by atoms with Crippen molar-refractivity contribution in [3.8, 4) is 11.5 Å². The lowest BCUT2D eigenvalue weighted by molar-refractivity contribution is -0.136. The molecule has 0 radical (unpaired) electrons. The van der Waals surface area contributed by atoms with Crippen molar-refractivity contribution in [3.63, 3.8) is 0 Å². The summed E-state index contributed by atoms with van der Waals surface area (Å²) in [6, 6.07) is 6.90. The minimum atomic E-state index is -4.83. The first-order valence-electron chi connectivity index (χ1n) is 11.1. The first-order valence-corrected chi connectivity index (χ1v) is 11.1. The highest BCUT2D eigenvalue weighted by atomic mass is 19.4. The zero-order valence-corrected chi connectivity index (χ0v) is 20.1. The minimum Gasteiger partial charge on any atom is -0.493 e. The number of amides is 1. The molecule has 0 fully saturated rings. The Bertz CT molecular complexity index is 1280. The Morgan fingerprint density at radius 1 is 1.09 bits per heavy atom. The van der Waals surface area contributed by atoms with E-state index in [1.165, 1.54) is 24.9 Å². The van der Waals surface area contributed by atoms with Crippen molar-refractivity contribution >= 4 is 16.9 Å². The number of likely N-dealkylation sites (N-methyl/N-ethyl adjacent to an activating group) is 1. The van der Waals surface area contributed by atoms with Crippen LogP contribution < -0.4 is 20.9 Å². The molecule has 0 spiro atoms. The monoisotopic (exact) mass is 494 g/mol. The Morgan fingerprint density at radius 3 is 2.31 bits per heavy atom. The van der Waals surface area contributed by atoms with Gasteiger partial charge in [-0.2, -0.15) is 13.2 Å². The zero-order valence-electron chi connectivity index (χ0n) is 20.1. The standard InChI is InChI=1S/C24H29F3N4O4/c1-5-29(6-2)10-11-30-18-13-16(22(28)32)12-17(24(25,26)27)20(18)31(23(30)33)14-15-8-7-9-19(34-3)21(15)35-4/h7-9,12-13H,5-6,10-11,14H2,1-4H3,(H2,28,32). The van der Waals surface area contributed by atoms with Gasteiger partial charge in [-0.25, -0.2) is 4.79 Å². The summed E-state index contributed by atoms with van der Waals surface area (Å²) in [5.74, 6) is -0.314. The molecule has 190 valence electrons. The number of primary amides is 1. The van der Waals surface area contributed by atoms with Crippen molar-refractivity contribution in [1.29, 1.82) is 0 Å². The molecule has 8 nitrogen and oxygen atoms in total. The maximum absolute atomic E-state index is 14.2. The number of benzene rings is 2. The van der Waals surface area contributed by atoms with Crippen molar-refractivity contribution in [2.24, 2.45) is 5.73 Å². The van der Waals surface area contributed by atoms with Crippen molar-refractivity contribution in [2.75, 3.05) is 33.9 Å². The predicted molar refractivity (Wildman–Crippen MR) is 126 cm³/mol. The molecule has 0 saturated carbocycles. The van der Waals surface area contributed by atoms with Crippen LogP contribution in [-0.4, -0.2) is 53.8 Å². The van der Waals surface area contributed by atoms with Crippen molar-refractivity contribution in [2.45, 2.75) is 33.1 Å². The molecule has 0 aliphatic carbocycles. The van der Waals surface area contributed by atoms with Crippen LogP contribution in [0.15, 0.2) is 35.1 Å². The molecule has 1 aromatic heterocycles. The van der Waals surface area contributed by atoms with Crippen LogP contribution in [-0.2, 0) is 19.3 Å². The maximum Gasteiger partial charge on any atom is 0.418 e. The summed E-state index contributed by atoms with van der Waals surface area (Å²) in [6.07, 6.45) is -4.83. The number of carbonyl (C=O) groups excluding carboxylic acids is 1. The summed E-state index contributed by atoms with van der Waals surface area (Å²) in [6.45, 7) is 5.72. The van der Waals surface area contributed by atoms with Crippen molar-refractivity contribution < 1.29 is 27.4 Å². The Hall–Kier alpha value is -3.47. The Morgan fingerprint density at radius 2 is 1.77 bits per heavy atom. The number of nitrogens with zero attached hydrogens (tertiary/aromatic N) is 3. The highest BCUT2D eigenvalue weighted by molar-refractivity contribution is 5.97. The molecule has 35 heavy (non-hydrogen) atoms. The van der Waals surface area contributed by atoms with Gasteiger partial charge in [0.1, 0.15) is 0 Å². The molecular weight excluding hydrogens is 465 g/mol. The van der Waals surface area contributed by atoms with Gasteiger partial charge in [-0.1, -0.05) is 26.0 Å². The van der Waals surface area contributed by atoms with Gasteiger partial charge in [0.25, 0.3) is 0 Å². The normalized spacial score (nSPS) is 11.9. The van der Waals surface area contributed by atoms with Crippen LogP contribution in [0.2, 0.25) is 0 Å². The summed E-state index contributed by atoms with van der Waals surface area (Å²) in [5, 5.41) is 0. The highest BCUT2D eigenvalue weighted by Crippen LogP contribution is 2.37. The van der Waals surface area contributed by atoms with E-state index in [0.29, 0.717) is 42.8 Å². The molecule has 0 aliphatic heterocycles. The number of hydrogen-bond donors (Lipinski definition) is 1. The predicted octanol–water partition coefficient (Wildman–Crippen LogP) is 3.33. The van der Waals surface area contributed by atoms with Gasteiger partial charge in [-0.05, 0) is 31.3 Å². The smallest absolute Gasteiger partial charge is 0.418 e. The molecule has 11 heteroatoms. The summed E-state index contributed by atoms with van der Waals surface area (Å²) in [7, 11) is 2.86. The van der Waals surface area contributed by atoms with Crippen LogP contribution in [0.5, 0.6) is 11.5 Å². The van der Waals surface area contributed by atoms with E-state index in [4.69, 9.17) is 15.2 Å². The average molecular weight is 495 g/mol. The van der Waals surface area contributed by atoms with Gasteiger partial charge in [-0.3, -0.25) is 13.9 Å². The number of methoxy groups -OCH3 is 2. The summed E-state index contributed by atoms with van der Waals surface area (Å²) >= 11 is 0. The molecule has 2 aromatic carbocycles. The van der Waals surface area contributed by atoms with E-state index in [9.17, 15) is 22.8 Å². The van der Waals surface area contributed by atoms with E-state index >= 15 is 0 Å². The second-order valence-electron chi connectivity index (χ2n) is 7.95. The van der Waals surface area contributed by atoms with Gasteiger partial charge >= 0.3 is 11.9 Å². The van der Waals surface area contributed by atoms with E-state index < -0.39 is 23.3 Å². The topological polar surface area (TPSA) is 91.7 Å². The zero-order chi connectivity index (χ0) is 25.9. The number of para-hydroxylation sites is 1. The number of hydrogen-bond acceptors (Lipinski definition) is 5. The quantitative estimate of drug-likeness (QED) is 0.467. The molecule has 0 aliphatic rings. The number of halogens is 3. The van der Waals surface area contributed by atoms with Crippen LogP contribution >= 0.6 is 0 Å². The van der Waals surface area contributed by atoms with Crippen LogP contribution in [0.3, 0.4) is 0 Å². The molecule has 3 aromatic rings. The SMILES string of the molecule is CCN(CC)CCn1c(=O)n(Cc2cccc(OC)c2OC)c2c(C(F)(F)F)cc(C(N)=O)cc21. The van der Waals surface area contributed by atoms with Gasteiger partial charge in [0, 0.05) is 24.2 Å². The van der Waals surface area contributed by atoms with E-state index in [2.05, 4.69) is 0 Å². The van der Waals surface area contributed by atoms with Crippen molar-refractivity contribution in [1.82, 2.24) is 14.0 Å². The van der Waals surface area contributed by atoms with Gasteiger partial charge in [-0.15, -0.1) is 0 Å². The van der Waals surface area contributed by atoms with Gasteiger partial charge < -0.3 is 20.1 Å². The third kappa shape index (κ3) is 5.14.